The van der Waals surface area contributed by atoms with E-state index in [0.717, 1.165) is 9.87 Å². The van der Waals surface area contributed by atoms with Crippen LogP contribution in [0.1, 0.15) is 31.4 Å². The Morgan fingerprint density at radius 3 is 2.13 bits per heavy atom. The number of ether oxygens (including phenoxy) is 1. The first kappa shape index (κ1) is 34.6. The van der Waals surface area contributed by atoms with Gasteiger partial charge in [0.05, 0.1) is 17.2 Å². The zero-order chi connectivity index (χ0) is 33.1. The van der Waals surface area contributed by atoms with Crippen molar-refractivity contribution in [1.29, 1.82) is 0 Å². The molecule has 0 aromatic heterocycles. The molecule has 0 saturated carbocycles. The van der Waals surface area contributed by atoms with E-state index in [1.54, 1.807) is 48.5 Å². The second-order valence-corrected chi connectivity index (χ2v) is 13.3. The fraction of sp³-hybridized carbons (Fsp3) is 0.257. The Morgan fingerprint density at radius 1 is 0.870 bits per heavy atom. The van der Waals surface area contributed by atoms with Gasteiger partial charge in [-0.2, -0.15) is 0 Å². The van der Waals surface area contributed by atoms with E-state index in [9.17, 15) is 22.4 Å². The summed E-state index contributed by atoms with van der Waals surface area (Å²) in [6.07, 6.45) is 0.874. The SMILES string of the molecule is CCCNC(=O)[C@@H](Cc1ccccc1)N(Cc1ccc(F)cc1)C(=O)CN(c1ccc(OCC)cc1)S(=O)(=O)c1ccc(Br)cc1. The maximum Gasteiger partial charge on any atom is 0.264 e. The lowest BCUT2D eigenvalue weighted by atomic mass is 10.0. The van der Waals surface area contributed by atoms with Crippen molar-refractivity contribution in [3.05, 3.63) is 125 Å². The third-order valence-electron chi connectivity index (χ3n) is 7.20. The molecule has 4 aromatic carbocycles. The zero-order valence-corrected chi connectivity index (χ0v) is 28.1. The summed E-state index contributed by atoms with van der Waals surface area (Å²) in [6, 6.07) is 26.5. The van der Waals surface area contributed by atoms with Gasteiger partial charge < -0.3 is 15.0 Å². The van der Waals surface area contributed by atoms with Crippen LogP contribution in [-0.4, -0.2) is 50.9 Å². The maximum atomic E-state index is 14.4. The van der Waals surface area contributed by atoms with Crippen molar-refractivity contribution in [3.8, 4) is 5.75 Å². The maximum absolute atomic E-state index is 14.4. The first-order valence-electron chi connectivity index (χ1n) is 15.0. The van der Waals surface area contributed by atoms with E-state index in [2.05, 4.69) is 21.2 Å². The van der Waals surface area contributed by atoms with Crippen LogP contribution in [0.4, 0.5) is 10.1 Å². The topological polar surface area (TPSA) is 96.0 Å². The van der Waals surface area contributed by atoms with Crippen LogP contribution in [0.5, 0.6) is 5.75 Å². The summed E-state index contributed by atoms with van der Waals surface area (Å²) in [6.45, 7) is 3.95. The van der Waals surface area contributed by atoms with Gasteiger partial charge in [0.25, 0.3) is 10.0 Å². The number of benzene rings is 4. The zero-order valence-electron chi connectivity index (χ0n) is 25.7. The number of hydrogen-bond donors (Lipinski definition) is 1. The van der Waals surface area contributed by atoms with Crippen LogP contribution in [0.2, 0.25) is 0 Å². The largest absolute Gasteiger partial charge is 0.494 e. The smallest absolute Gasteiger partial charge is 0.264 e. The van der Waals surface area contributed by atoms with Gasteiger partial charge in [0.15, 0.2) is 0 Å². The number of rotatable bonds is 15. The highest BCUT2D eigenvalue weighted by molar-refractivity contribution is 9.10. The molecule has 4 aromatic rings. The van der Waals surface area contributed by atoms with Crippen molar-refractivity contribution >= 4 is 43.5 Å². The van der Waals surface area contributed by atoms with Gasteiger partial charge in [0.2, 0.25) is 11.8 Å². The van der Waals surface area contributed by atoms with Crippen LogP contribution in [0.15, 0.2) is 112 Å². The van der Waals surface area contributed by atoms with Gasteiger partial charge in [0, 0.05) is 24.0 Å². The summed E-state index contributed by atoms with van der Waals surface area (Å²) >= 11 is 3.34. The van der Waals surface area contributed by atoms with Gasteiger partial charge in [-0.3, -0.25) is 13.9 Å². The van der Waals surface area contributed by atoms with Crippen LogP contribution >= 0.6 is 15.9 Å². The highest BCUT2D eigenvalue weighted by Crippen LogP contribution is 2.28. The third kappa shape index (κ3) is 9.17. The number of hydrogen-bond acceptors (Lipinski definition) is 5. The molecule has 0 aliphatic rings. The van der Waals surface area contributed by atoms with Gasteiger partial charge in [-0.15, -0.1) is 0 Å². The summed E-state index contributed by atoms with van der Waals surface area (Å²) < 4.78 is 49.4. The second kappa shape index (κ2) is 16.4. The Labute approximate surface area is 278 Å². The minimum absolute atomic E-state index is 0.0102. The number of carbonyl (C=O) groups excluding carboxylic acids is 2. The quantitative estimate of drug-likeness (QED) is 0.155. The van der Waals surface area contributed by atoms with Gasteiger partial charge in [-0.05, 0) is 85.1 Å². The molecule has 0 heterocycles. The van der Waals surface area contributed by atoms with Gasteiger partial charge in [-0.25, -0.2) is 12.8 Å². The van der Waals surface area contributed by atoms with Gasteiger partial charge >= 0.3 is 0 Å². The molecule has 0 spiro atoms. The fourth-order valence-electron chi connectivity index (χ4n) is 4.84. The monoisotopic (exact) mass is 709 g/mol. The van der Waals surface area contributed by atoms with Crippen molar-refractivity contribution in [2.75, 3.05) is 24.0 Å². The van der Waals surface area contributed by atoms with Crippen molar-refractivity contribution in [2.45, 2.75) is 44.2 Å². The molecular weight excluding hydrogens is 673 g/mol. The minimum atomic E-state index is -4.25. The molecular formula is C35H37BrFN3O5S. The van der Waals surface area contributed by atoms with E-state index in [1.807, 2.05) is 44.2 Å². The van der Waals surface area contributed by atoms with E-state index in [0.29, 0.717) is 35.4 Å². The predicted molar refractivity (Wildman–Crippen MR) is 180 cm³/mol. The van der Waals surface area contributed by atoms with E-state index in [4.69, 9.17) is 4.74 Å². The number of carbonyl (C=O) groups is 2. The van der Waals surface area contributed by atoms with Crippen molar-refractivity contribution < 1.29 is 27.1 Å². The fourth-order valence-corrected chi connectivity index (χ4v) is 6.52. The molecule has 1 N–H and O–H groups in total. The molecule has 0 saturated heterocycles. The lowest BCUT2D eigenvalue weighted by Crippen LogP contribution is -2.53. The second-order valence-electron chi connectivity index (χ2n) is 10.5. The minimum Gasteiger partial charge on any atom is -0.494 e. The molecule has 8 nitrogen and oxygen atoms in total. The standard InChI is InChI=1S/C35H37BrFN3O5S/c1-3-22-38-35(42)33(23-26-8-6-5-7-9-26)39(24-27-10-14-29(37)15-11-27)34(41)25-40(30-16-18-31(19-17-30)45-4-2)46(43,44)32-20-12-28(36)13-21-32/h5-21,33H,3-4,22-25H2,1-2H3,(H,38,42)/t33-/m1/s1. The van der Waals surface area contributed by atoms with E-state index in [1.165, 1.54) is 29.2 Å². The molecule has 0 bridgehead atoms. The number of nitrogens with zero attached hydrogens (tertiary/aromatic N) is 2. The number of anilines is 1. The molecule has 242 valence electrons. The highest BCUT2D eigenvalue weighted by Gasteiger charge is 2.34. The highest BCUT2D eigenvalue weighted by atomic mass is 79.9. The molecule has 2 amide bonds. The van der Waals surface area contributed by atoms with Crippen LogP contribution < -0.4 is 14.4 Å². The first-order chi connectivity index (χ1) is 22.1. The van der Waals surface area contributed by atoms with E-state index < -0.39 is 34.3 Å². The number of sulfonamides is 1. The summed E-state index contributed by atoms with van der Waals surface area (Å²) in [4.78, 5) is 29.5. The molecule has 1 atom stereocenters. The van der Waals surface area contributed by atoms with Crippen LogP contribution in [0, 0.1) is 5.82 Å². The molecule has 0 aliphatic heterocycles. The van der Waals surface area contributed by atoms with Gasteiger partial charge in [0.1, 0.15) is 24.2 Å². The third-order valence-corrected chi connectivity index (χ3v) is 9.52. The lowest BCUT2D eigenvalue weighted by Gasteiger charge is -2.34. The molecule has 0 radical (unpaired) electrons. The van der Waals surface area contributed by atoms with Crippen LogP contribution in [0.25, 0.3) is 0 Å². The molecule has 4 rings (SSSR count). The van der Waals surface area contributed by atoms with Crippen LogP contribution in [0.3, 0.4) is 0 Å². The normalized spacial score (nSPS) is 11.8. The molecule has 0 fully saturated rings. The van der Waals surface area contributed by atoms with Crippen LogP contribution in [-0.2, 0) is 32.6 Å². The first-order valence-corrected chi connectivity index (χ1v) is 17.2. The lowest BCUT2D eigenvalue weighted by molar-refractivity contribution is -0.140. The summed E-state index contributed by atoms with van der Waals surface area (Å²) in [5.74, 6) is -0.867. The van der Waals surface area contributed by atoms with E-state index >= 15 is 0 Å². The Balaban J connectivity index is 1.79. The summed E-state index contributed by atoms with van der Waals surface area (Å²) in [5, 5.41) is 2.90. The van der Waals surface area contributed by atoms with Crippen molar-refractivity contribution in [1.82, 2.24) is 10.2 Å². The Kier molecular flexibility index (Phi) is 12.3. The van der Waals surface area contributed by atoms with Crippen molar-refractivity contribution in [3.63, 3.8) is 0 Å². The average Bonchev–Trinajstić information content (AvgIpc) is 3.06. The number of halogens is 2. The van der Waals surface area contributed by atoms with Crippen molar-refractivity contribution in [2.24, 2.45) is 0 Å². The Bertz CT molecular complexity index is 1690. The number of nitrogens with one attached hydrogen (secondary N) is 1. The van der Waals surface area contributed by atoms with E-state index in [-0.39, 0.29) is 29.5 Å². The molecule has 0 unspecified atom stereocenters. The average molecular weight is 711 g/mol. The van der Waals surface area contributed by atoms with Gasteiger partial charge in [-0.1, -0.05) is 65.3 Å². The molecule has 0 aliphatic carbocycles. The summed E-state index contributed by atoms with van der Waals surface area (Å²) in [5.41, 5.74) is 1.65. The predicted octanol–water partition coefficient (Wildman–Crippen LogP) is 6.35. The molecule has 46 heavy (non-hydrogen) atoms. The summed E-state index contributed by atoms with van der Waals surface area (Å²) in [7, 11) is -4.25. The molecule has 11 heteroatoms. The number of amides is 2. The Morgan fingerprint density at radius 2 is 1.52 bits per heavy atom. The Hall–Kier alpha value is -4.22.